The van der Waals surface area contributed by atoms with Crippen LogP contribution in [0.5, 0.6) is 17.2 Å². The number of anilines is 1. The molecule has 0 aromatic heterocycles. The zero-order valence-corrected chi connectivity index (χ0v) is 20.7. The van der Waals surface area contributed by atoms with Gasteiger partial charge in [-0.25, -0.2) is 9.69 Å². The normalized spacial score (nSPS) is 14.3. The van der Waals surface area contributed by atoms with Gasteiger partial charge in [-0.05, 0) is 48.9 Å². The zero-order chi connectivity index (χ0) is 28.3. The average Bonchev–Trinajstić information content (AvgIpc) is 2.89. The minimum atomic E-state index is -0.923. The van der Waals surface area contributed by atoms with Crippen LogP contribution >= 0.6 is 11.6 Å². The highest BCUT2D eigenvalue weighted by Gasteiger charge is 2.37. The molecular weight excluding hydrogens is 536 g/mol. The standard InChI is InChI=1S/C25H17ClN4O9/c1-2-38-21-12-14(10-17-23(31)27-25(33)28(24(17)32)15-6-4-3-5-7-15)11-18(26)22(21)39-20-9-8-16(29(34)35)13-19(20)30(36)37/h3-13H,2H2,1H3,(H,27,31,33)/b17-10+. The highest BCUT2D eigenvalue weighted by atomic mass is 35.5. The lowest BCUT2D eigenvalue weighted by Crippen LogP contribution is -2.54. The van der Waals surface area contributed by atoms with Crippen LogP contribution in [0.15, 0.2) is 66.2 Å². The molecule has 1 N–H and O–H groups in total. The van der Waals surface area contributed by atoms with Crippen molar-refractivity contribution in [2.45, 2.75) is 6.92 Å². The molecule has 1 aliphatic heterocycles. The SMILES string of the molecule is CCOc1cc(/C=C2\C(=O)NC(=O)N(c3ccccc3)C2=O)cc(Cl)c1Oc1ccc([N+](=O)[O-])cc1[N+](=O)[O-]. The Morgan fingerprint density at radius 3 is 2.33 bits per heavy atom. The van der Waals surface area contributed by atoms with E-state index in [0.29, 0.717) is 0 Å². The van der Waals surface area contributed by atoms with Gasteiger partial charge in [0.1, 0.15) is 5.57 Å². The molecule has 1 aliphatic rings. The molecule has 0 bridgehead atoms. The number of non-ortho nitro benzene ring substituents is 1. The van der Waals surface area contributed by atoms with Gasteiger partial charge in [0.05, 0.1) is 33.2 Å². The van der Waals surface area contributed by atoms with E-state index in [9.17, 15) is 34.6 Å². The number of nitro benzene ring substituents is 2. The van der Waals surface area contributed by atoms with Crippen LogP contribution in [0.1, 0.15) is 12.5 Å². The molecule has 39 heavy (non-hydrogen) atoms. The summed E-state index contributed by atoms with van der Waals surface area (Å²) in [6.07, 6.45) is 1.20. The van der Waals surface area contributed by atoms with Gasteiger partial charge in [0.15, 0.2) is 11.5 Å². The Kier molecular flexibility index (Phi) is 7.53. The second-order valence-corrected chi connectivity index (χ2v) is 8.23. The first kappa shape index (κ1) is 26.8. The van der Waals surface area contributed by atoms with Crippen molar-refractivity contribution in [2.75, 3.05) is 11.5 Å². The molecule has 0 saturated carbocycles. The Balaban J connectivity index is 1.74. The average molecular weight is 553 g/mol. The molecule has 1 fully saturated rings. The molecule has 3 aromatic carbocycles. The molecule has 4 rings (SSSR count). The smallest absolute Gasteiger partial charge is 0.335 e. The van der Waals surface area contributed by atoms with Crippen molar-refractivity contribution in [1.29, 1.82) is 0 Å². The maximum absolute atomic E-state index is 13.1. The number of halogens is 1. The summed E-state index contributed by atoms with van der Waals surface area (Å²) in [5.74, 6) is -2.26. The van der Waals surface area contributed by atoms with Crippen molar-refractivity contribution in [1.82, 2.24) is 5.32 Å². The summed E-state index contributed by atoms with van der Waals surface area (Å²) in [5, 5.41) is 24.5. The molecule has 14 heteroatoms. The van der Waals surface area contributed by atoms with E-state index < -0.39 is 39.1 Å². The topological polar surface area (TPSA) is 171 Å². The van der Waals surface area contributed by atoms with Crippen LogP contribution < -0.4 is 19.7 Å². The first-order valence-corrected chi connectivity index (χ1v) is 11.5. The summed E-state index contributed by atoms with van der Waals surface area (Å²) in [4.78, 5) is 59.7. The third-order valence-electron chi connectivity index (χ3n) is 5.32. The first-order valence-electron chi connectivity index (χ1n) is 11.1. The van der Waals surface area contributed by atoms with Crippen LogP contribution in [0.4, 0.5) is 21.9 Å². The van der Waals surface area contributed by atoms with Crippen LogP contribution in [0.25, 0.3) is 6.08 Å². The molecule has 0 aliphatic carbocycles. The van der Waals surface area contributed by atoms with E-state index in [1.54, 1.807) is 25.1 Å². The summed E-state index contributed by atoms with van der Waals surface area (Å²) in [5.41, 5.74) is -1.08. The molecule has 4 amide bonds. The Bertz CT molecular complexity index is 1560. The van der Waals surface area contributed by atoms with Crippen molar-refractivity contribution < 1.29 is 33.7 Å². The number of carbonyl (C=O) groups excluding carboxylic acids is 3. The summed E-state index contributed by atoms with van der Waals surface area (Å²) >= 11 is 6.41. The predicted molar refractivity (Wildman–Crippen MR) is 138 cm³/mol. The van der Waals surface area contributed by atoms with Gasteiger partial charge in [-0.15, -0.1) is 0 Å². The van der Waals surface area contributed by atoms with Crippen LogP contribution in [0.3, 0.4) is 0 Å². The van der Waals surface area contributed by atoms with E-state index in [-0.39, 0.29) is 45.7 Å². The molecular formula is C25H17ClN4O9. The summed E-state index contributed by atoms with van der Waals surface area (Å²) in [7, 11) is 0. The maximum Gasteiger partial charge on any atom is 0.335 e. The Morgan fingerprint density at radius 2 is 1.69 bits per heavy atom. The highest BCUT2D eigenvalue weighted by molar-refractivity contribution is 6.39. The van der Waals surface area contributed by atoms with Crippen LogP contribution in [-0.4, -0.2) is 34.3 Å². The largest absolute Gasteiger partial charge is 0.490 e. The monoisotopic (exact) mass is 552 g/mol. The number of nitro groups is 2. The summed E-state index contributed by atoms with van der Waals surface area (Å²) < 4.78 is 11.2. The van der Waals surface area contributed by atoms with E-state index in [1.807, 2.05) is 0 Å². The molecule has 0 spiro atoms. The third kappa shape index (κ3) is 5.52. The van der Waals surface area contributed by atoms with Gasteiger partial charge < -0.3 is 9.47 Å². The second-order valence-electron chi connectivity index (χ2n) is 7.82. The maximum atomic E-state index is 13.1. The number of carbonyl (C=O) groups is 3. The van der Waals surface area contributed by atoms with E-state index >= 15 is 0 Å². The van der Waals surface area contributed by atoms with E-state index in [1.165, 1.54) is 30.3 Å². The number of imide groups is 2. The van der Waals surface area contributed by atoms with E-state index in [2.05, 4.69) is 5.32 Å². The van der Waals surface area contributed by atoms with Crippen molar-refractivity contribution in [2.24, 2.45) is 0 Å². The number of benzene rings is 3. The molecule has 0 unspecified atom stereocenters. The van der Waals surface area contributed by atoms with Gasteiger partial charge in [0, 0.05) is 6.07 Å². The Hall–Kier alpha value is -5.30. The number of hydrogen-bond donors (Lipinski definition) is 1. The number of amides is 4. The number of hydrogen-bond acceptors (Lipinski definition) is 9. The van der Waals surface area contributed by atoms with Crippen LogP contribution in [0, 0.1) is 20.2 Å². The zero-order valence-electron chi connectivity index (χ0n) is 20.0. The highest BCUT2D eigenvalue weighted by Crippen LogP contribution is 2.43. The van der Waals surface area contributed by atoms with E-state index in [4.69, 9.17) is 21.1 Å². The first-order chi connectivity index (χ1) is 18.6. The third-order valence-corrected chi connectivity index (χ3v) is 5.60. The van der Waals surface area contributed by atoms with Gasteiger partial charge in [-0.1, -0.05) is 29.8 Å². The number of urea groups is 1. The fourth-order valence-electron chi connectivity index (χ4n) is 3.63. The quantitative estimate of drug-likeness (QED) is 0.174. The van der Waals surface area contributed by atoms with Gasteiger partial charge in [-0.2, -0.15) is 0 Å². The summed E-state index contributed by atoms with van der Waals surface area (Å²) in [6.45, 7) is 1.77. The molecule has 198 valence electrons. The van der Waals surface area contributed by atoms with Crippen molar-refractivity contribution in [3.63, 3.8) is 0 Å². The molecule has 1 saturated heterocycles. The number of nitrogens with zero attached hydrogens (tertiary/aromatic N) is 3. The van der Waals surface area contributed by atoms with Gasteiger partial charge in [-0.3, -0.25) is 35.1 Å². The number of barbiturate groups is 1. The number of ether oxygens (including phenoxy) is 2. The van der Waals surface area contributed by atoms with Gasteiger partial charge >= 0.3 is 11.7 Å². The predicted octanol–water partition coefficient (Wildman–Crippen LogP) is 5.01. The van der Waals surface area contributed by atoms with Crippen LogP contribution in [-0.2, 0) is 9.59 Å². The molecule has 1 heterocycles. The lowest BCUT2D eigenvalue weighted by atomic mass is 10.1. The van der Waals surface area contributed by atoms with Crippen molar-refractivity contribution in [3.05, 3.63) is 97.1 Å². The van der Waals surface area contributed by atoms with E-state index in [0.717, 1.165) is 23.1 Å². The van der Waals surface area contributed by atoms with Crippen molar-refractivity contribution in [3.8, 4) is 17.2 Å². The fourth-order valence-corrected chi connectivity index (χ4v) is 3.88. The number of nitrogens with one attached hydrogen (secondary N) is 1. The second kappa shape index (κ2) is 11.0. The fraction of sp³-hybridized carbons (Fsp3) is 0.0800. The Morgan fingerprint density at radius 1 is 0.974 bits per heavy atom. The lowest BCUT2D eigenvalue weighted by molar-refractivity contribution is -0.394. The Labute approximate surface area is 224 Å². The molecule has 0 radical (unpaired) electrons. The van der Waals surface area contributed by atoms with Crippen LogP contribution in [0.2, 0.25) is 5.02 Å². The summed E-state index contributed by atoms with van der Waals surface area (Å²) in [6, 6.07) is 12.6. The van der Waals surface area contributed by atoms with Gasteiger partial charge in [0.25, 0.3) is 17.5 Å². The minimum Gasteiger partial charge on any atom is -0.490 e. The molecule has 3 aromatic rings. The van der Waals surface area contributed by atoms with Crippen molar-refractivity contribution >= 4 is 52.6 Å². The lowest BCUT2D eigenvalue weighted by Gasteiger charge is -2.26. The molecule has 0 atom stereocenters. The van der Waals surface area contributed by atoms with Gasteiger partial charge in [0.2, 0.25) is 5.75 Å². The number of rotatable bonds is 8. The molecule has 13 nitrogen and oxygen atoms in total. The number of para-hydroxylation sites is 1. The minimum absolute atomic E-state index is 0.00385.